The molecule has 3 aliphatic rings. The number of carboxylic acid groups (broad SMARTS) is 1. The van der Waals surface area contributed by atoms with E-state index in [0.717, 1.165) is 43.7 Å². The quantitative estimate of drug-likeness (QED) is 0.785. The Morgan fingerprint density at radius 1 is 1.07 bits per heavy atom. The maximum Gasteiger partial charge on any atom is 0.410 e. The summed E-state index contributed by atoms with van der Waals surface area (Å²) in [7, 11) is 0. The number of nitrogens with zero attached hydrogens (tertiary/aromatic N) is 2. The zero-order chi connectivity index (χ0) is 21.1. The third kappa shape index (κ3) is 4.41. The van der Waals surface area contributed by atoms with Crippen molar-refractivity contribution in [2.75, 3.05) is 26.2 Å². The van der Waals surface area contributed by atoms with Gasteiger partial charge in [0, 0.05) is 44.2 Å². The van der Waals surface area contributed by atoms with Crippen LogP contribution >= 0.6 is 0 Å². The second-order valence-corrected chi connectivity index (χ2v) is 8.83. The molecule has 1 saturated carbocycles. The highest BCUT2D eigenvalue weighted by molar-refractivity contribution is 5.95. The number of carbonyl (C=O) groups is 2. The van der Waals surface area contributed by atoms with Gasteiger partial charge in [0.1, 0.15) is 5.75 Å². The fraction of sp³-hybridized carbons (Fsp3) is 0.652. The molecule has 3 fully saturated rings. The number of likely N-dealkylation sites (tertiary alicyclic amines) is 1. The molecule has 164 valence electrons. The smallest absolute Gasteiger partial charge is 0.410 e. The fourth-order valence-electron chi connectivity index (χ4n) is 5.05. The van der Waals surface area contributed by atoms with E-state index in [-0.39, 0.29) is 11.9 Å². The summed E-state index contributed by atoms with van der Waals surface area (Å²) in [6, 6.07) is 5.92. The molecule has 0 radical (unpaired) electrons. The van der Waals surface area contributed by atoms with Crippen molar-refractivity contribution in [1.29, 1.82) is 0 Å². The number of carbonyl (C=O) groups excluding carboxylic acids is 1. The summed E-state index contributed by atoms with van der Waals surface area (Å²) in [4.78, 5) is 28.1. The first-order valence-corrected chi connectivity index (χ1v) is 11.4. The van der Waals surface area contributed by atoms with Crippen LogP contribution in [0.2, 0.25) is 0 Å². The van der Waals surface area contributed by atoms with Gasteiger partial charge in [-0.25, -0.2) is 4.79 Å². The van der Waals surface area contributed by atoms with E-state index in [2.05, 4.69) is 12.2 Å². The highest BCUT2D eigenvalue weighted by Crippen LogP contribution is 2.39. The third-order valence-electron chi connectivity index (χ3n) is 6.77. The van der Waals surface area contributed by atoms with Crippen molar-refractivity contribution in [2.24, 2.45) is 0 Å². The zero-order valence-electron chi connectivity index (χ0n) is 17.8. The van der Waals surface area contributed by atoms with Gasteiger partial charge in [0.25, 0.3) is 5.91 Å². The lowest BCUT2D eigenvalue weighted by molar-refractivity contribution is 0.0570. The average molecular weight is 416 g/mol. The molecular weight excluding hydrogens is 382 g/mol. The van der Waals surface area contributed by atoms with Crippen LogP contribution in [0.3, 0.4) is 0 Å². The molecule has 0 spiro atoms. The molecule has 2 N–H and O–H groups in total. The molecule has 7 heteroatoms. The Hall–Kier alpha value is -2.28. The van der Waals surface area contributed by atoms with Crippen LogP contribution in [0.25, 0.3) is 0 Å². The largest absolute Gasteiger partial charge is 0.470 e. The number of rotatable bonds is 4. The normalized spacial score (nSPS) is 25.4. The minimum atomic E-state index is -0.934. The van der Waals surface area contributed by atoms with Crippen molar-refractivity contribution >= 4 is 12.0 Å². The molecule has 4 rings (SSSR count). The second kappa shape index (κ2) is 9.25. The van der Waals surface area contributed by atoms with Crippen LogP contribution in [-0.4, -0.2) is 65.4 Å². The van der Waals surface area contributed by atoms with Crippen molar-refractivity contribution in [3.63, 3.8) is 0 Å². The van der Waals surface area contributed by atoms with E-state index in [1.807, 2.05) is 23.1 Å². The van der Waals surface area contributed by atoms with Crippen LogP contribution in [0.1, 0.15) is 73.7 Å². The minimum absolute atomic E-state index is 0.0700. The third-order valence-corrected chi connectivity index (χ3v) is 6.77. The number of benzene rings is 1. The molecule has 2 amide bonds. The maximum atomic E-state index is 13.2. The summed E-state index contributed by atoms with van der Waals surface area (Å²) in [5.74, 6) is 1.17. The summed E-state index contributed by atoms with van der Waals surface area (Å²) in [6.45, 7) is 4.93. The zero-order valence-corrected chi connectivity index (χ0v) is 17.8. The second-order valence-electron chi connectivity index (χ2n) is 8.83. The van der Waals surface area contributed by atoms with Gasteiger partial charge in [-0.1, -0.05) is 19.3 Å². The van der Waals surface area contributed by atoms with Crippen LogP contribution < -0.4 is 10.1 Å². The fourth-order valence-corrected chi connectivity index (χ4v) is 5.05. The number of hydrogen-bond donors (Lipinski definition) is 2. The first-order valence-electron chi connectivity index (χ1n) is 11.4. The number of hydrogen-bond acceptors (Lipinski definition) is 4. The Kier molecular flexibility index (Phi) is 6.46. The molecule has 0 aromatic heterocycles. The molecule has 2 saturated heterocycles. The van der Waals surface area contributed by atoms with Crippen LogP contribution in [0.15, 0.2) is 18.2 Å². The van der Waals surface area contributed by atoms with E-state index in [0.29, 0.717) is 31.0 Å². The maximum absolute atomic E-state index is 13.2. The van der Waals surface area contributed by atoms with Gasteiger partial charge in [-0.15, -0.1) is 0 Å². The van der Waals surface area contributed by atoms with E-state index >= 15 is 0 Å². The lowest BCUT2D eigenvalue weighted by Gasteiger charge is -2.34. The molecule has 1 aromatic rings. The predicted molar refractivity (Wildman–Crippen MR) is 114 cm³/mol. The van der Waals surface area contributed by atoms with Crippen molar-refractivity contribution in [2.45, 2.75) is 70.1 Å². The number of piperazine rings is 1. The van der Waals surface area contributed by atoms with Crippen molar-refractivity contribution in [1.82, 2.24) is 15.1 Å². The Balaban J connectivity index is 1.61. The Bertz CT molecular complexity index is 778. The van der Waals surface area contributed by atoms with Gasteiger partial charge in [-0.3, -0.25) is 9.69 Å². The van der Waals surface area contributed by atoms with Gasteiger partial charge >= 0.3 is 6.09 Å². The van der Waals surface area contributed by atoms with E-state index in [1.54, 1.807) is 0 Å². The Labute approximate surface area is 178 Å². The predicted octanol–water partition coefficient (Wildman–Crippen LogP) is 3.65. The van der Waals surface area contributed by atoms with E-state index in [1.165, 1.54) is 24.2 Å². The summed E-state index contributed by atoms with van der Waals surface area (Å²) in [5, 5.41) is 12.8. The highest BCUT2D eigenvalue weighted by Gasteiger charge is 2.32. The van der Waals surface area contributed by atoms with Gasteiger partial charge in [0.05, 0.1) is 0 Å². The number of nitrogens with one attached hydrogen (secondary N) is 1. The first kappa shape index (κ1) is 21.0. The van der Waals surface area contributed by atoms with Gasteiger partial charge in [-0.2, -0.15) is 0 Å². The molecular formula is C23H33N3O4. The molecule has 0 bridgehead atoms. The summed E-state index contributed by atoms with van der Waals surface area (Å²) >= 11 is 0. The average Bonchev–Trinajstić information content (AvgIpc) is 3.23. The minimum Gasteiger partial charge on any atom is -0.470 e. The molecule has 1 aromatic carbocycles. The van der Waals surface area contributed by atoms with E-state index in [4.69, 9.17) is 4.74 Å². The SMILES string of the molecule is C[C@@H]1CNCCN1C(=O)c1ccc(OC2CCCN2C(=O)O)c(C2CCCCC2)c1. The van der Waals surface area contributed by atoms with Gasteiger partial charge in [0.15, 0.2) is 6.23 Å². The van der Waals surface area contributed by atoms with Gasteiger partial charge in [0.2, 0.25) is 0 Å². The molecule has 1 aliphatic carbocycles. The summed E-state index contributed by atoms with van der Waals surface area (Å²) in [5.41, 5.74) is 1.78. The Morgan fingerprint density at radius 3 is 2.60 bits per heavy atom. The van der Waals surface area contributed by atoms with Crippen molar-refractivity contribution < 1.29 is 19.4 Å². The lowest BCUT2D eigenvalue weighted by atomic mass is 9.83. The summed E-state index contributed by atoms with van der Waals surface area (Å²) < 4.78 is 6.25. The molecule has 2 aliphatic heterocycles. The topological polar surface area (TPSA) is 82.1 Å². The van der Waals surface area contributed by atoms with Crippen molar-refractivity contribution in [3.8, 4) is 5.75 Å². The van der Waals surface area contributed by atoms with E-state index in [9.17, 15) is 14.7 Å². The van der Waals surface area contributed by atoms with E-state index < -0.39 is 12.3 Å². The first-order chi connectivity index (χ1) is 14.5. The van der Waals surface area contributed by atoms with Gasteiger partial charge in [-0.05, 0) is 55.9 Å². The molecule has 7 nitrogen and oxygen atoms in total. The van der Waals surface area contributed by atoms with Gasteiger partial charge < -0.3 is 20.1 Å². The summed E-state index contributed by atoms with van der Waals surface area (Å²) in [6.07, 6.45) is 5.93. The van der Waals surface area contributed by atoms with Crippen LogP contribution in [0, 0.1) is 0 Å². The lowest BCUT2D eigenvalue weighted by Crippen LogP contribution is -2.52. The van der Waals surface area contributed by atoms with Crippen molar-refractivity contribution in [3.05, 3.63) is 29.3 Å². The van der Waals surface area contributed by atoms with Crippen LogP contribution in [-0.2, 0) is 0 Å². The monoisotopic (exact) mass is 415 g/mol. The number of ether oxygens (including phenoxy) is 1. The molecule has 30 heavy (non-hydrogen) atoms. The van der Waals surface area contributed by atoms with Crippen LogP contribution in [0.5, 0.6) is 5.75 Å². The molecule has 1 unspecified atom stereocenters. The highest BCUT2D eigenvalue weighted by atomic mass is 16.5. The number of amides is 2. The van der Waals surface area contributed by atoms with Crippen LogP contribution in [0.4, 0.5) is 4.79 Å². The molecule has 2 heterocycles. The molecule has 2 atom stereocenters. The standard InChI is InChI=1S/C23H33N3O4/c1-16-15-24-11-13-25(16)22(27)18-9-10-20(19(14-18)17-6-3-2-4-7-17)30-21-8-5-12-26(21)23(28)29/h9-10,14,16-17,21,24H,2-8,11-13,15H2,1H3,(H,28,29)/t16-,21?/m1/s1. The Morgan fingerprint density at radius 2 is 1.87 bits per heavy atom.